The molecule has 2 aromatic carbocycles. The molecule has 3 aromatic rings. The third-order valence-electron chi connectivity index (χ3n) is 3.19. The first-order valence-corrected chi connectivity index (χ1v) is 7.29. The van der Waals surface area contributed by atoms with Gasteiger partial charge in [-0.05, 0) is 24.3 Å². The second-order valence-corrected chi connectivity index (χ2v) is 5.55. The highest BCUT2D eigenvalue weighted by Gasteiger charge is 2.16. The Morgan fingerprint density at radius 2 is 1.91 bits per heavy atom. The molecule has 5 nitrogen and oxygen atoms in total. The minimum absolute atomic E-state index is 0.0245. The summed E-state index contributed by atoms with van der Waals surface area (Å²) in [5, 5.41) is 12.8. The molecule has 0 spiro atoms. The van der Waals surface area contributed by atoms with Crippen LogP contribution < -0.4 is 5.73 Å². The molecule has 0 aliphatic rings. The molecule has 0 aliphatic heterocycles. The van der Waals surface area contributed by atoms with Crippen LogP contribution in [-0.4, -0.2) is 9.91 Å². The van der Waals surface area contributed by atoms with Crippen molar-refractivity contribution in [1.29, 1.82) is 0 Å². The average Bonchev–Trinajstić information content (AvgIpc) is 2.99. The largest absolute Gasteiger partial charge is 0.398 e. The second-order valence-electron chi connectivity index (χ2n) is 4.69. The lowest BCUT2D eigenvalue weighted by atomic mass is 10.1. The molecule has 0 unspecified atom stereocenters. The number of anilines is 1. The normalized spacial score (nSPS) is 10.7. The number of nitrogen functional groups attached to an aromatic ring is 1. The summed E-state index contributed by atoms with van der Waals surface area (Å²) >= 11 is 1.14. The van der Waals surface area contributed by atoms with E-state index in [9.17, 15) is 18.9 Å². The van der Waals surface area contributed by atoms with Crippen molar-refractivity contribution in [2.75, 3.05) is 5.73 Å². The monoisotopic (exact) mass is 333 g/mol. The van der Waals surface area contributed by atoms with Gasteiger partial charge in [0.2, 0.25) is 0 Å². The van der Waals surface area contributed by atoms with Crippen LogP contribution in [-0.2, 0) is 0 Å². The number of nitrogens with two attached hydrogens (primary N) is 1. The van der Waals surface area contributed by atoms with Crippen LogP contribution in [0.1, 0.15) is 0 Å². The number of hydrogen-bond donors (Lipinski definition) is 1. The molecule has 0 atom stereocenters. The quantitative estimate of drug-likeness (QED) is 0.441. The zero-order valence-electron chi connectivity index (χ0n) is 11.5. The van der Waals surface area contributed by atoms with Gasteiger partial charge in [-0.3, -0.25) is 10.1 Å². The molecule has 0 saturated heterocycles. The first-order chi connectivity index (χ1) is 11.0. The van der Waals surface area contributed by atoms with E-state index in [0.29, 0.717) is 16.3 Å². The minimum Gasteiger partial charge on any atom is -0.398 e. The zero-order chi connectivity index (χ0) is 16.6. The lowest BCUT2D eigenvalue weighted by Gasteiger charge is -2.02. The fourth-order valence-electron chi connectivity index (χ4n) is 2.06. The SMILES string of the molecule is Nc1ccc([N+](=O)[O-])cc1-c1nc(-c2cc(F)ccc2F)cs1. The number of aromatic nitrogens is 1. The molecule has 116 valence electrons. The third kappa shape index (κ3) is 2.88. The molecule has 23 heavy (non-hydrogen) atoms. The Labute approximate surface area is 133 Å². The molecule has 0 saturated carbocycles. The van der Waals surface area contributed by atoms with Crippen molar-refractivity contribution >= 4 is 22.7 Å². The minimum atomic E-state index is -0.602. The number of halogens is 2. The molecule has 0 amide bonds. The summed E-state index contributed by atoms with van der Waals surface area (Å²) in [6.45, 7) is 0. The standard InChI is InChI=1S/C15H9F2N3O2S/c16-8-1-3-12(17)10(5-8)14-7-23-15(19-14)11-6-9(20(21)22)2-4-13(11)18/h1-7H,18H2. The Balaban J connectivity index is 2.07. The molecule has 0 fully saturated rings. The van der Waals surface area contributed by atoms with Gasteiger partial charge in [0, 0.05) is 34.3 Å². The summed E-state index contributed by atoms with van der Waals surface area (Å²) in [6.07, 6.45) is 0. The summed E-state index contributed by atoms with van der Waals surface area (Å²) in [7, 11) is 0. The molecule has 8 heteroatoms. The van der Waals surface area contributed by atoms with E-state index in [-0.39, 0.29) is 16.9 Å². The van der Waals surface area contributed by atoms with E-state index in [1.807, 2.05) is 0 Å². The van der Waals surface area contributed by atoms with Gasteiger partial charge in [-0.15, -0.1) is 11.3 Å². The summed E-state index contributed by atoms with van der Waals surface area (Å²) < 4.78 is 27.1. The van der Waals surface area contributed by atoms with Crippen LogP contribution in [0.3, 0.4) is 0 Å². The molecule has 2 N–H and O–H groups in total. The van der Waals surface area contributed by atoms with Crippen molar-refractivity contribution in [3.8, 4) is 21.8 Å². The van der Waals surface area contributed by atoms with Crippen molar-refractivity contribution in [2.24, 2.45) is 0 Å². The van der Waals surface area contributed by atoms with Crippen molar-refractivity contribution in [3.63, 3.8) is 0 Å². The molecule has 1 aromatic heterocycles. The van der Waals surface area contributed by atoms with Crippen molar-refractivity contribution < 1.29 is 13.7 Å². The number of nitro benzene ring substituents is 1. The zero-order valence-corrected chi connectivity index (χ0v) is 12.3. The summed E-state index contributed by atoms with van der Waals surface area (Å²) in [6, 6.07) is 7.10. The lowest BCUT2D eigenvalue weighted by molar-refractivity contribution is -0.384. The van der Waals surface area contributed by atoms with Gasteiger partial charge in [-0.2, -0.15) is 0 Å². The predicted molar refractivity (Wildman–Crippen MR) is 84.0 cm³/mol. The smallest absolute Gasteiger partial charge is 0.270 e. The number of rotatable bonds is 3. The van der Waals surface area contributed by atoms with E-state index in [4.69, 9.17) is 5.73 Å². The molecular formula is C15H9F2N3O2S. The number of benzene rings is 2. The highest BCUT2D eigenvalue weighted by molar-refractivity contribution is 7.13. The van der Waals surface area contributed by atoms with Gasteiger partial charge in [-0.1, -0.05) is 0 Å². The number of non-ortho nitro benzene ring substituents is 1. The van der Waals surface area contributed by atoms with E-state index in [2.05, 4.69) is 4.98 Å². The molecule has 0 radical (unpaired) electrons. The highest BCUT2D eigenvalue weighted by atomic mass is 32.1. The van der Waals surface area contributed by atoms with E-state index in [0.717, 1.165) is 29.5 Å². The summed E-state index contributed by atoms with van der Waals surface area (Å²) in [5.41, 5.74) is 6.68. The summed E-state index contributed by atoms with van der Waals surface area (Å²) in [5.74, 6) is -1.18. The van der Waals surface area contributed by atoms with Gasteiger partial charge in [0.1, 0.15) is 16.6 Å². The fraction of sp³-hybridized carbons (Fsp3) is 0. The van der Waals surface area contributed by atoms with E-state index in [1.54, 1.807) is 5.38 Å². The van der Waals surface area contributed by atoms with E-state index < -0.39 is 16.6 Å². The Kier molecular flexibility index (Phi) is 3.75. The van der Waals surface area contributed by atoms with Gasteiger partial charge in [0.05, 0.1) is 10.6 Å². The van der Waals surface area contributed by atoms with Gasteiger partial charge in [0.25, 0.3) is 5.69 Å². The van der Waals surface area contributed by atoms with Gasteiger partial charge in [-0.25, -0.2) is 13.8 Å². The highest BCUT2D eigenvalue weighted by Crippen LogP contribution is 2.35. The van der Waals surface area contributed by atoms with Crippen molar-refractivity contribution in [2.45, 2.75) is 0 Å². The third-order valence-corrected chi connectivity index (χ3v) is 4.06. The second kappa shape index (κ2) is 5.73. The molecule has 3 rings (SSSR count). The maximum absolute atomic E-state index is 13.8. The average molecular weight is 333 g/mol. The Hall–Kier alpha value is -2.87. The molecule has 0 aliphatic carbocycles. The maximum atomic E-state index is 13.8. The van der Waals surface area contributed by atoms with Crippen LogP contribution in [0.25, 0.3) is 21.8 Å². The Morgan fingerprint density at radius 1 is 1.13 bits per heavy atom. The number of hydrogen-bond acceptors (Lipinski definition) is 5. The van der Waals surface area contributed by atoms with Crippen LogP contribution in [0.5, 0.6) is 0 Å². The predicted octanol–water partition coefficient (Wildman–Crippen LogP) is 4.25. The summed E-state index contributed by atoms with van der Waals surface area (Å²) in [4.78, 5) is 14.5. The molecule has 1 heterocycles. The first-order valence-electron chi connectivity index (χ1n) is 6.41. The van der Waals surface area contributed by atoms with Crippen molar-refractivity contribution in [1.82, 2.24) is 4.98 Å². The van der Waals surface area contributed by atoms with Gasteiger partial charge in [0.15, 0.2) is 0 Å². The first kappa shape index (κ1) is 15.0. The molecule has 0 bridgehead atoms. The van der Waals surface area contributed by atoms with Crippen molar-refractivity contribution in [3.05, 3.63) is 63.5 Å². The lowest BCUT2D eigenvalue weighted by Crippen LogP contribution is -1.94. The molecular weight excluding hydrogens is 324 g/mol. The van der Waals surface area contributed by atoms with E-state index in [1.165, 1.54) is 18.2 Å². The van der Waals surface area contributed by atoms with Crippen LogP contribution in [0.15, 0.2) is 41.8 Å². The Bertz CT molecular complexity index is 911. The van der Waals surface area contributed by atoms with Gasteiger partial charge < -0.3 is 5.73 Å². The van der Waals surface area contributed by atoms with Crippen LogP contribution in [0, 0.1) is 21.7 Å². The van der Waals surface area contributed by atoms with Gasteiger partial charge >= 0.3 is 0 Å². The number of nitrogens with zero attached hydrogens (tertiary/aromatic N) is 2. The fourth-order valence-corrected chi connectivity index (χ4v) is 2.92. The maximum Gasteiger partial charge on any atom is 0.270 e. The number of thiazole rings is 1. The van der Waals surface area contributed by atoms with Crippen LogP contribution in [0.4, 0.5) is 20.2 Å². The van der Waals surface area contributed by atoms with E-state index >= 15 is 0 Å². The Morgan fingerprint density at radius 3 is 2.65 bits per heavy atom. The van der Waals surface area contributed by atoms with Crippen LogP contribution in [0.2, 0.25) is 0 Å². The number of nitro groups is 1. The van der Waals surface area contributed by atoms with Crippen LogP contribution >= 0.6 is 11.3 Å². The topological polar surface area (TPSA) is 82.0 Å².